The van der Waals surface area contributed by atoms with E-state index in [0.29, 0.717) is 5.69 Å². The molecular weight excluding hydrogens is 342 g/mol. The number of rotatable bonds is 5. The van der Waals surface area contributed by atoms with E-state index in [9.17, 15) is 14.9 Å². The molecule has 0 atom stereocenters. The predicted octanol–water partition coefficient (Wildman–Crippen LogP) is 4.10. The van der Waals surface area contributed by atoms with Crippen LogP contribution in [0, 0.1) is 10.1 Å². The number of benzene rings is 2. The Kier molecular flexibility index (Phi) is 5.31. The minimum absolute atomic E-state index is 0.0806. The van der Waals surface area contributed by atoms with E-state index in [1.165, 1.54) is 36.6 Å². The van der Waals surface area contributed by atoms with Crippen LogP contribution in [-0.2, 0) is 6.54 Å². The zero-order valence-corrected chi connectivity index (χ0v) is 14.3. The normalized spacial score (nSPS) is 14.4. The number of nitro benzene ring substituents is 1. The molecule has 2 aromatic rings. The summed E-state index contributed by atoms with van der Waals surface area (Å²) in [7, 11) is 0. The number of carbonyl (C=O) groups excluding carboxylic acids is 1. The van der Waals surface area contributed by atoms with Gasteiger partial charge in [0.25, 0.3) is 11.6 Å². The Labute approximate surface area is 150 Å². The highest BCUT2D eigenvalue weighted by molar-refractivity contribution is 6.34. The molecule has 0 radical (unpaired) electrons. The van der Waals surface area contributed by atoms with Crippen molar-refractivity contribution in [1.29, 1.82) is 0 Å². The number of likely N-dealkylation sites (tertiary alicyclic amines) is 1. The Morgan fingerprint density at radius 1 is 1.16 bits per heavy atom. The molecule has 0 bridgehead atoms. The molecule has 1 heterocycles. The van der Waals surface area contributed by atoms with Gasteiger partial charge in [0.2, 0.25) is 0 Å². The van der Waals surface area contributed by atoms with Crippen LogP contribution in [-0.4, -0.2) is 28.8 Å². The van der Waals surface area contributed by atoms with E-state index in [-0.39, 0.29) is 16.3 Å². The summed E-state index contributed by atoms with van der Waals surface area (Å²) in [6.07, 6.45) is 2.50. The zero-order chi connectivity index (χ0) is 17.8. The molecule has 130 valence electrons. The van der Waals surface area contributed by atoms with Crippen molar-refractivity contribution in [2.24, 2.45) is 0 Å². The standard InChI is InChI=1S/C18H18ClN3O3/c19-17-8-7-15(22(24)25)11-16(17)18(23)20-14-5-3-13(4-6-14)12-21-9-1-2-10-21/h3-8,11H,1-2,9-10,12H2,(H,20,23). The molecule has 1 aliphatic heterocycles. The van der Waals surface area contributed by atoms with E-state index in [1.54, 1.807) is 0 Å². The quantitative estimate of drug-likeness (QED) is 0.644. The number of nitrogens with zero attached hydrogens (tertiary/aromatic N) is 2. The van der Waals surface area contributed by atoms with Gasteiger partial charge in [-0.2, -0.15) is 0 Å². The van der Waals surface area contributed by atoms with Gasteiger partial charge in [-0.1, -0.05) is 23.7 Å². The Bertz CT molecular complexity index is 787. The molecule has 2 aromatic carbocycles. The van der Waals surface area contributed by atoms with Crippen molar-refractivity contribution in [3.8, 4) is 0 Å². The van der Waals surface area contributed by atoms with Crippen molar-refractivity contribution >= 4 is 28.9 Å². The maximum Gasteiger partial charge on any atom is 0.270 e. The Morgan fingerprint density at radius 3 is 2.48 bits per heavy atom. The lowest BCUT2D eigenvalue weighted by atomic mass is 10.1. The average Bonchev–Trinajstić information content (AvgIpc) is 3.09. The smallest absolute Gasteiger partial charge is 0.270 e. The van der Waals surface area contributed by atoms with E-state index in [4.69, 9.17) is 11.6 Å². The third-order valence-electron chi connectivity index (χ3n) is 4.22. The van der Waals surface area contributed by atoms with Gasteiger partial charge >= 0.3 is 0 Å². The van der Waals surface area contributed by atoms with Crippen molar-refractivity contribution in [2.75, 3.05) is 18.4 Å². The van der Waals surface area contributed by atoms with Gasteiger partial charge in [0, 0.05) is 24.4 Å². The molecular formula is C18H18ClN3O3. The number of halogens is 1. The van der Waals surface area contributed by atoms with Crippen molar-refractivity contribution in [2.45, 2.75) is 19.4 Å². The number of hydrogen-bond acceptors (Lipinski definition) is 4. The number of carbonyl (C=O) groups is 1. The topological polar surface area (TPSA) is 75.5 Å². The second-order valence-electron chi connectivity index (χ2n) is 6.06. The van der Waals surface area contributed by atoms with Crippen LogP contribution >= 0.6 is 11.6 Å². The minimum atomic E-state index is -0.555. The fourth-order valence-electron chi connectivity index (χ4n) is 2.89. The number of hydrogen-bond donors (Lipinski definition) is 1. The fraction of sp³-hybridized carbons (Fsp3) is 0.278. The number of non-ortho nitro benzene ring substituents is 1. The summed E-state index contributed by atoms with van der Waals surface area (Å²) in [6.45, 7) is 3.17. The van der Waals surface area contributed by atoms with Gasteiger partial charge in [-0.25, -0.2) is 0 Å². The molecule has 0 aliphatic carbocycles. The van der Waals surface area contributed by atoms with Crippen molar-refractivity contribution < 1.29 is 9.72 Å². The number of nitro groups is 1. The van der Waals surface area contributed by atoms with E-state index >= 15 is 0 Å². The van der Waals surface area contributed by atoms with Crippen LogP contribution in [0.1, 0.15) is 28.8 Å². The van der Waals surface area contributed by atoms with Crippen molar-refractivity contribution in [1.82, 2.24) is 4.90 Å². The van der Waals surface area contributed by atoms with Gasteiger partial charge in [-0.05, 0) is 49.7 Å². The molecule has 25 heavy (non-hydrogen) atoms. The second kappa shape index (κ2) is 7.63. The first-order chi connectivity index (χ1) is 12.0. The first-order valence-electron chi connectivity index (χ1n) is 8.09. The average molecular weight is 360 g/mol. The molecule has 3 rings (SSSR count). The molecule has 1 amide bonds. The second-order valence-corrected chi connectivity index (χ2v) is 6.46. The SMILES string of the molecule is O=C(Nc1ccc(CN2CCCC2)cc1)c1cc([N+](=O)[O-])ccc1Cl. The number of amides is 1. The fourth-order valence-corrected chi connectivity index (χ4v) is 3.10. The highest BCUT2D eigenvalue weighted by Gasteiger charge is 2.16. The van der Waals surface area contributed by atoms with Crippen molar-refractivity contribution in [3.63, 3.8) is 0 Å². The molecule has 1 aliphatic rings. The van der Waals surface area contributed by atoms with E-state index < -0.39 is 10.8 Å². The maximum atomic E-state index is 12.3. The first-order valence-corrected chi connectivity index (χ1v) is 8.47. The molecule has 0 aromatic heterocycles. The van der Waals surface area contributed by atoms with Gasteiger partial charge in [0.15, 0.2) is 0 Å². The summed E-state index contributed by atoms with van der Waals surface area (Å²) in [5.41, 5.74) is 1.72. The molecule has 0 saturated carbocycles. The lowest BCUT2D eigenvalue weighted by molar-refractivity contribution is -0.384. The Hall–Kier alpha value is -2.44. The summed E-state index contributed by atoms with van der Waals surface area (Å²) >= 11 is 5.99. The van der Waals surface area contributed by atoms with Crippen LogP contribution in [0.5, 0.6) is 0 Å². The third kappa shape index (κ3) is 4.35. The molecule has 0 spiro atoms. The van der Waals surface area contributed by atoms with Crippen LogP contribution in [0.4, 0.5) is 11.4 Å². The minimum Gasteiger partial charge on any atom is -0.322 e. The highest BCUT2D eigenvalue weighted by atomic mass is 35.5. The number of anilines is 1. The van der Waals surface area contributed by atoms with Gasteiger partial charge < -0.3 is 5.32 Å². The van der Waals surface area contributed by atoms with Crippen LogP contribution in [0.25, 0.3) is 0 Å². The maximum absolute atomic E-state index is 12.3. The van der Waals surface area contributed by atoms with Crippen LogP contribution in [0.2, 0.25) is 5.02 Å². The molecule has 0 unspecified atom stereocenters. The zero-order valence-electron chi connectivity index (χ0n) is 13.6. The summed E-state index contributed by atoms with van der Waals surface area (Å²) in [5.74, 6) is -0.471. The van der Waals surface area contributed by atoms with Crippen LogP contribution < -0.4 is 5.32 Å². The summed E-state index contributed by atoms with van der Waals surface area (Å²) in [6, 6.07) is 11.4. The molecule has 1 N–H and O–H groups in total. The largest absolute Gasteiger partial charge is 0.322 e. The van der Waals surface area contributed by atoms with E-state index in [2.05, 4.69) is 10.2 Å². The van der Waals surface area contributed by atoms with Gasteiger partial charge in [-0.15, -0.1) is 0 Å². The van der Waals surface area contributed by atoms with Gasteiger partial charge in [0.1, 0.15) is 0 Å². The predicted molar refractivity (Wildman–Crippen MR) is 97.0 cm³/mol. The Balaban J connectivity index is 1.68. The lowest BCUT2D eigenvalue weighted by Crippen LogP contribution is -2.18. The monoisotopic (exact) mass is 359 g/mol. The third-order valence-corrected chi connectivity index (χ3v) is 4.55. The van der Waals surface area contributed by atoms with Crippen molar-refractivity contribution in [3.05, 3.63) is 68.7 Å². The first kappa shape index (κ1) is 17.4. The summed E-state index contributed by atoms with van der Waals surface area (Å²) in [5, 5.41) is 13.8. The van der Waals surface area contributed by atoms with E-state index in [1.807, 2.05) is 24.3 Å². The van der Waals surface area contributed by atoms with Crippen LogP contribution in [0.15, 0.2) is 42.5 Å². The number of nitrogens with one attached hydrogen (secondary N) is 1. The van der Waals surface area contributed by atoms with Gasteiger partial charge in [-0.3, -0.25) is 19.8 Å². The molecule has 1 saturated heterocycles. The Morgan fingerprint density at radius 2 is 1.84 bits per heavy atom. The summed E-state index contributed by atoms with van der Waals surface area (Å²) in [4.78, 5) is 25.0. The van der Waals surface area contributed by atoms with E-state index in [0.717, 1.165) is 19.6 Å². The molecule has 1 fully saturated rings. The van der Waals surface area contributed by atoms with Gasteiger partial charge in [0.05, 0.1) is 15.5 Å². The molecule has 7 heteroatoms. The van der Waals surface area contributed by atoms with Crippen LogP contribution in [0.3, 0.4) is 0 Å². The molecule has 6 nitrogen and oxygen atoms in total. The lowest BCUT2D eigenvalue weighted by Gasteiger charge is -2.14. The summed E-state index contributed by atoms with van der Waals surface area (Å²) < 4.78 is 0. The highest BCUT2D eigenvalue weighted by Crippen LogP contribution is 2.23.